The van der Waals surface area contributed by atoms with Gasteiger partial charge in [0, 0.05) is 0 Å². The van der Waals surface area contributed by atoms with Crippen LogP contribution in [0.2, 0.25) is 0 Å². The lowest BCUT2D eigenvalue weighted by Gasteiger charge is -2.40. The molecule has 0 atom stereocenters. The van der Waals surface area contributed by atoms with Crippen molar-refractivity contribution in [2.24, 2.45) is 23.0 Å². The van der Waals surface area contributed by atoms with Gasteiger partial charge in [-0.25, -0.2) is 0 Å². The number of nitrogens with two attached hydrogens (primary N) is 1. The lowest BCUT2D eigenvalue weighted by atomic mass is 9.67. The van der Waals surface area contributed by atoms with Crippen molar-refractivity contribution in [3.63, 3.8) is 0 Å². The molecular formula is C14H29NS. The second kappa shape index (κ2) is 6.90. The van der Waals surface area contributed by atoms with Crippen molar-refractivity contribution in [1.82, 2.24) is 0 Å². The van der Waals surface area contributed by atoms with Gasteiger partial charge in [-0.15, -0.1) is 0 Å². The summed E-state index contributed by atoms with van der Waals surface area (Å²) in [6, 6.07) is 0. The van der Waals surface area contributed by atoms with Crippen LogP contribution in [0, 0.1) is 17.3 Å². The molecule has 0 aromatic carbocycles. The average molecular weight is 243 g/mol. The summed E-state index contributed by atoms with van der Waals surface area (Å²) in [5, 5.41) is 0. The lowest BCUT2D eigenvalue weighted by Crippen LogP contribution is -2.36. The van der Waals surface area contributed by atoms with Crippen LogP contribution in [-0.2, 0) is 0 Å². The Bertz CT molecular complexity index is 183. The van der Waals surface area contributed by atoms with Gasteiger partial charge in [0.2, 0.25) is 0 Å². The van der Waals surface area contributed by atoms with E-state index in [0.29, 0.717) is 5.41 Å². The molecule has 0 aromatic heterocycles. The first-order chi connectivity index (χ1) is 7.63. The van der Waals surface area contributed by atoms with Crippen LogP contribution in [0.3, 0.4) is 0 Å². The molecule has 0 heterocycles. The Hall–Kier alpha value is 0.310. The van der Waals surface area contributed by atoms with Crippen LogP contribution in [0.1, 0.15) is 52.9 Å². The Morgan fingerprint density at radius 3 is 2.38 bits per heavy atom. The molecule has 2 heteroatoms. The SMILES string of the molecule is CCSCCC1(CN)CCC(C(C)C)CC1. The highest BCUT2D eigenvalue weighted by atomic mass is 32.2. The van der Waals surface area contributed by atoms with E-state index in [1.165, 1.54) is 43.6 Å². The molecule has 0 spiro atoms. The first kappa shape index (κ1) is 14.4. The van der Waals surface area contributed by atoms with Gasteiger partial charge in [-0.1, -0.05) is 20.8 Å². The highest BCUT2D eigenvalue weighted by Gasteiger charge is 2.34. The molecule has 1 nitrogen and oxygen atoms in total. The summed E-state index contributed by atoms with van der Waals surface area (Å²) in [5.74, 6) is 4.37. The monoisotopic (exact) mass is 243 g/mol. The molecule has 2 N–H and O–H groups in total. The highest BCUT2D eigenvalue weighted by molar-refractivity contribution is 7.99. The fourth-order valence-electron chi connectivity index (χ4n) is 2.91. The Kier molecular flexibility index (Phi) is 6.20. The number of hydrogen-bond acceptors (Lipinski definition) is 2. The Balaban J connectivity index is 2.38. The van der Waals surface area contributed by atoms with E-state index in [4.69, 9.17) is 5.73 Å². The summed E-state index contributed by atoms with van der Waals surface area (Å²) < 4.78 is 0. The molecule has 0 aliphatic heterocycles. The van der Waals surface area contributed by atoms with Crippen molar-refractivity contribution in [3.05, 3.63) is 0 Å². The average Bonchev–Trinajstić information content (AvgIpc) is 2.30. The van der Waals surface area contributed by atoms with Crippen molar-refractivity contribution in [1.29, 1.82) is 0 Å². The highest BCUT2D eigenvalue weighted by Crippen LogP contribution is 2.43. The smallest absolute Gasteiger partial charge is 0.00202 e. The molecule has 0 unspecified atom stereocenters. The summed E-state index contributed by atoms with van der Waals surface area (Å²) in [6.45, 7) is 7.89. The van der Waals surface area contributed by atoms with E-state index in [0.717, 1.165) is 18.4 Å². The van der Waals surface area contributed by atoms with Gasteiger partial charge in [0.05, 0.1) is 0 Å². The van der Waals surface area contributed by atoms with E-state index in [-0.39, 0.29) is 0 Å². The fraction of sp³-hybridized carbons (Fsp3) is 1.00. The third kappa shape index (κ3) is 3.96. The van der Waals surface area contributed by atoms with Gasteiger partial charge in [0.15, 0.2) is 0 Å². The van der Waals surface area contributed by atoms with Gasteiger partial charge in [-0.05, 0) is 67.4 Å². The largest absolute Gasteiger partial charge is 0.330 e. The van der Waals surface area contributed by atoms with Gasteiger partial charge >= 0.3 is 0 Å². The van der Waals surface area contributed by atoms with Gasteiger partial charge in [-0.2, -0.15) is 11.8 Å². The molecule has 0 bridgehead atoms. The van der Waals surface area contributed by atoms with Gasteiger partial charge < -0.3 is 5.73 Å². The molecule has 1 fully saturated rings. The first-order valence-corrected chi connectivity index (χ1v) is 8.07. The van der Waals surface area contributed by atoms with Gasteiger partial charge in [0.25, 0.3) is 0 Å². The molecule has 1 aliphatic carbocycles. The zero-order chi connectivity index (χ0) is 12.0. The molecule has 0 aromatic rings. The summed E-state index contributed by atoms with van der Waals surface area (Å²) in [5.41, 5.74) is 6.53. The molecule has 16 heavy (non-hydrogen) atoms. The summed E-state index contributed by atoms with van der Waals surface area (Å²) in [7, 11) is 0. The topological polar surface area (TPSA) is 26.0 Å². The van der Waals surface area contributed by atoms with E-state index in [1.54, 1.807) is 0 Å². The predicted molar refractivity (Wildman–Crippen MR) is 75.9 cm³/mol. The molecule has 1 aliphatic rings. The van der Waals surface area contributed by atoms with E-state index in [1.807, 2.05) is 0 Å². The van der Waals surface area contributed by atoms with Crippen LogP contribution in [0.5, 0.6) is 0 Å². The van der Waals surface area contributed by atoms with E-state index in [2.05, 4.69) is 32.5 Å². The van der Waals surface area contributed by atoms with E-state index >= 15 is 0 Å². The summed E-state index contributed by atoms with van der Waals surface area (Å²) >= 11 is 2.07. The minimum Gasteiger partial charge on any atom is -0.330 e. The van der Waals surface area contributed by atoms with Crippen molar-refractivity contribution in [2.45, 2.75) is 52.9 Å². The predicted octanol–water partition coefficient (Wildman–Crippen LogP) is 3.92. The van der Waals surface area contributed by atoms with Crippen molar-refractivity contribution >= 4 is 11.8 Å². The second-order valence-corrected chi connectivity index (χ2v) is 7.13. The van der Waals surface area contributed by atoms with Gasteiger partial charge in [0.1, 0.15) is 0 Å². The van der Waals surface area contributed by atoms with Crippen molar-refractivity contribution in [3.8, 4) is 0 Å². The Morgan fingerprint density at radius 1 is 1.31 bits per heavy atom. The molecule has 1 rings (SSSR count). The molecule has 0 saturated heterocycles. The van der Waals surface area contributed by atoms with Crippen LogP contribution in [-0.4, -0.2) is 18.1 Å². The number of hydrogen-bond donors (Lipinski definition) is 1. The maximum Gasteiger partial charge on any atom is -0.00202 e. The Morgan fingerprint density at radius 2 is 1.94 bits per heavy atom. The van der Waals surface area contributed by atoms with Crippen molar-refractivity contribution < 1.29 is 0 Å². The lowest BCUT2D eigenvalue weighted by molar-refractivity contribution is 0.129. The molecular weight excluding hydrogens is 214 g/mol. The summed E-state index contributed by atoms with van der Waals surface area (Å²) in [6.07, 6.45) is 6.90. The summed E-state index contributed by atoms with van der Waals surface area (Å²) in [4.78, 5) is 0. The normalized spacial score (nSPS) is 30.9. The molecule has 0 amide bonds. The second-order valence-electron chi connectivity index (χ2n) is 5.73. The standard InChI is InChI=1S/C14H29NS/c1-4-16-10-9-14(11-15)7-5-13(6-8-14)12(2)3/h12-13H,4-11,15H2,1-3H3. The molecule has 96 valence electrons. The zero-order valence-electron chi connectivity index (χ0n) is 11.3. The van der Waals surface area contributed by atoms with Crippen LogP contribution >= 0.6 is 11.8 Å². The van der Waals surface area contributed by atoms with Crippen LogP contribution in [0.4, 0.5) is 0 Å². The minimum atomic E-state index is 0.494. The van der Waals surface area contributed by atoms with Gasteiger partial charge in [-0.3, -0.25) is 0 Å². The Labute approximate surface area is 106 Å². The van der Waals surface area contributed by atoms with E-state index < -0.39 is 0 Å². The van der Waals surface area contributed by atoms with E-state index in [9.17, 15) is 0 Å². The van der Waals surface area contributed by atoms with Crippen LogP contribution < -0.4 is 5.73 Å². The fourth-order valence-corrected chi connectivity index (χ4v) is 3.77. The van der Waals surface area contributed by atoms with Crippen molar-refractivity contribution in [2.75, 3.05) is 18.1 Å². The first-order valence-electron chi connectivity index (χ1n) is 6.91. The number of thioether (sulfide) groups is 1. The van der Waals surface area contributed by atoms with Crippen LogP contribution in [0.15, 0.2) is 0 Å². The minimum absolute atomic E-state index is 0.494. The quantitative estimate of drug-likeness (QED) is 0.716. The maximum atomic E-state index is 6.03. The molecule has 0 radical (unpaired) electrons. The third-order valence-corrected chi connectivity index (χ3v) is 5.35. The zero-order valence-corrected chi connectivity index (χ0v) is 12.1. The third-order valence-electron chi connectivity index (χ3n) is 4.45. The molecule has 1 saturated carbocycles. The van der Waals surface area contributed by atoms with Crippen LogP contribution in [0.25, 0.3) is 0 Å². The number of rotatable bonds is 6. The maximum absolute atomic E-state index is 6.03.